The number of aromatic nitrogens is 3. The van der Waals surface area contributed by atoms with Crippen LogP contribution in [0.15, 0.2) is 30.3 Å². The van der Waals surface area contributed by atoms with E-state index in [9.17, 15) is 0 Å². The van der Waals surface area contributed by atoms with Gasteiger partial charge in [-0.2, -0.15) is 5.10 Å². The molecule has 2 aromatic carbocycles. The van der Waals surface area contributed by atoms with Gasteiger partial charge in [0.15, 0.2) is 0 Å². The van der Waals surface area contributed by atoms with Crippen LogP contribution in [0.3, 0.4) is 0 Å². The lowest BCUT2D eigenvalue weighted by atomic mass is 10.2. The van der Waals surface area contributed by atoms with Gasteiger partial charge in [-0.3, -0.25) is 5.10 Å². The summed E-state index contributed by atoms with van der Waals surface area (Å²) in [5.74, 6) is 0. The van der Waals surface area contributed by atoms with Gasteiger partial charge in [0, 0.05) is 5.39 Å². The van der Waals surface area contributed by atoms with E-state index in [1.807, 2.05) is 12.1 Å². The fourth-order valence-electron chi connectivity index (χ4n) is 1.56. The van der Waals surface area contributed by atoms with Crippen LogP contribution in [-0.2, 0) is 0 Å². The van der Waals surface area contributed by atoms with Gasteiger partial charge < -0.3 is 0 Å². The second-order valence-corrected chi connectivity index (χ2v) is 2.84. The van der Waals surface area contributed by atoms with Crippen molar-refractivity contribution in [2.45, 2.75) is 0 Å². The molecule has 0 spiro atoms. The summed E-state index contributed by atoms with van der Waals surface area (Å²) < 4.78 is 0. The van der Waals surface area contributed by atoms with Crippen molar-refractivity contribution in [3.05, 3.63) is 30.3 Å². The molecule has 0 saturated heterocycles. The van der Waals surface area contributed by atoms with E-state index in [1.54, 1.807) is 0 Å². The highest BCUT2D eigenvalue weighted by atomic mass is 15.3. The highest BCUT2D eigenvalue weighted by Gasteiger charge is 2.01. The molecule has 3 nitrogen and oxygen atoms in total. The van der Waals surface area contributed by atoms with Gasteiger partial charge in [-0.25, -0.2) is 5.21 Å². The van der Waals surface area contributed by atoms with Gasteiger partial charge in [0.25, 0.3) is 0 Å². The summed E-state index contributed by atoms with van der Waals surface area (Å²) in [6, 6.07) is 10.3. The van der Waals surface area contributed by atoms with Gasteiger partial charge in [0.1, 0.15) is 5.52 Å². The number of fused-ring (bicyclic) bond motifs is 3. The third kappa shape index (κ3) is 0.580. The predicted octanol–water partition coefficient (Wildman–Crippen LogP) is 2.04. The number of aromatic amines is 2. The summed E-state index contributed by atoms with van der Waals surface area (Å²) in [5, 5.41) is 12.3. The molecule has 0 fully saturated rings. The van der Waals surface area contributed by atoms with E-state index in [-0.39, 0.29) is 0 Å². The van der Waals surface area contributed by atoms with Crippen LogP contribution in [0.1, 0.15) is 0 Å². The predicted molar refractivity (Wildman–Crippen MR) is 48.0 cm³/mol. The molecule has 1 aromatic heterocycles. The zero-order valence-corrected chi connectivity index (χ0v) is 6.33. The van der Waals surface area contributed by atoms with E-state index >= 15 is 0 Å². The number of hydrogen-bond acceptors (Lipinski definition) is 1. The Kier molecular flexibility index (Phi) is 0.913. The standard InChI is InChI=1S/C9H7N3/c1-2-6-4-5-8-9(7(6)3-1)11-12-10-8/h1-5,10,12H. The Morgan fingerprint density at radius 2 is 2.08 bits per heavy atom. The van der Waals surface area contributed by atoms with Gasteiger partial charge in [-0.15, -0.1) is 0 Å². The molecule has 12 heavy (non-hydrogen) atoms. The number of rotatable bonds is 0. The average Bonchev–Trinajstić information content (AvgIpc) is 2.71. The first kappa shape index (κ1) is 5.83. The molecule has 0 unspecified atom stereocenters. The maximum atomic E-state index is 4.14. The third-order valence-electron chi connectivity index (χ3n) is 2.15. The zero-order chi connectivity index (χ0) is 7.97. The number of hydrogen-bond donors (Lipinski definition) is 2. The van der Waals surface area contributed by atoms with Gasteiger partial charge in [-0.05, 0) is 11.5 Å². The van der Waals surface area contributed by atoms with Gasteiger partial charge in [-0.1, -0.05) is 24.3 Å². The van der Waals surface area contributed by atoms with Crippen molar-refractivity contribution >= 4 is 21.8 Å². The minimum Gasteiger partial charge on any atom is -0.283 e. The van der Waals surface area contributed by atoms with Crippen molar-refractivity contribution in [1.29, 1.82) is 0 Å². The summed E-state index contributed by atoms with van der Waals surface area (Å²) in [4.78, 5) is 0. The van der Waals surface area contributed by atoms with Crippen LogP contribution in [0, 0.1) is 0 Å². The molecule has 0 aliphatic heterocycles. The summed E-state index contributed by atoms with van der Waals surface area (Å²) in [5.41, 5.74) is 2.06. The summed E-state index contributed by atoms with van der Waals surface area (Å²) in [7, 11) is 0. The molecule has 3 rings (SSSR count). The quantitative estimate of drug-likeness (QED) is 0.515. The van der Waals surface area contributed by atoms with Crippen LogP contribution >= 0.6 is 0 Å². The van der Waals surface area contributed by atoms with E-state index in [0.717, 1.165) is 11.0 Å². The molecule has 0 bridgehead atoms. The van der Waals surface area contributed by atoms with Gasteiger partial charge in [0.2, 0.25) is 0 Å². The number of nitrogens with zero attached hydrogens (tertiary/aromatic N) is 1. The Hall–Kier alpha value is -1.77. The fourth-order valence-corrected chi connectivity index (χ4v) is 1.56. The molecule has 0 amide bonds. The average molecular weight is 157 g/mol. The normalized spacial score (nSPS) is 11.3. The summed E-state index contributed by atoms with van der Waals surface area (Å²) in [6.07, 6.45) is 0. The van der Waals surface area contributed by atoms with Crippen LogP contribution < -0.4 is 0 Å². The molecule has 0 atom stereocenters. The molecule has 3 heteroatoms. The minimum absolute atomic E-state index is 1.01. The van der Waals surface area contributed by atoms with Crippen LogP contribution in [0.5, 0.6) is 0 Å². The number of benzene rings is 1. The lowest BCUT2D eigenvalue weighted by Crippen LogP contribution is -1.69. The largest absolute Gasteiger partial charge is 0.283 e. The Balaban J connectivity index is 2.71. The van der Waals surface area contributed by atoms with E-state index in [0.29, 0.717) is 0 Å². The Labute approximate surface area is 68.4 Å². The summed E-state index contributed by atoms with van der Waals surface area (Å²) in [6.45, 7) is 0. The first-order chi connectivity index (χ1) is 5.95. The highest BCUT2D eigenvalue weighted by molar-refractivity contribution is 6.04. The SMILES string of the molecule is c1cc2ccc3[nH][nH]nc3c2c1. The molecule has 3 aromatic rings. The molecule has 1 heterocycles. The van der Waals surface area contributed by atoms with E-state index in [1.165, 1.54) is 10.8 Å². The Morgan fingerprint density at radius 1 is 1.08 bits per heavy atom. The Bertz CT molecular complexity index is 483. The first-order valence-electron chi connectivity index (χ1n) is 3.85. The number of nitrogens with one attached hydrogen (secondary N) is 2. The maximum Gasteiger partial charge on any atom is 0.118 e. The zero-order valence-electron chi connectivity index (χ0n) is 6.33. The van der Waals surface area contributed by atoms with Crippen molar-refractivity contribution in [2.24, 2.45) is 0 Å². The Morgan fingerprint density at radius 3 is 3.08 bits per heavy atom. The van der Waals surface area contributed by atoms with Crippen molar-refractivity contribution in [3.8, 4) is 0 Å². The van der Waals surface area contributed by atoms with Gasteiger partial charge >= 0.3 is 0 Å². The summed E-state index contributed by atoms with van der Waals surface area (Å²) >= 11 is 0. The topological polar surface area (TPSA) is 44.5 Å². The second-order valence-electron chi connectivity index (χ2n) is 2.84. The van der Waals surface area contributed by atoms with Crippen LogP contribution in [0.2, 0.25) is 0 Å². The maximum absolute atomic E-state index is 4.14. The second kappa shape index (κ2) is 1.88. The van der Waals surface area contributed by atoms with E-state index < -0.39 is 0 Å². The molecule has 0 aliphatic carbocycles. The van der Waals surface area contributed by atoms with Crippen molar-refractivity contribution in [1.82, 2.24) is 15.4 Å². The van der Waals surface area contributed by atoms with Gasteiger partial charge in [0.05, 0.1) is 5.52 Å². The molecule has 0 aliphatic rings. The molecule has 0 radical (unpaired) electrons. The van der Waals surface area contributed by atoms with Crippen molar-refractivity contribution in [2.75, 3.05) is 0 Å². The molecular weight excluding hydrogens is 150 g/mol. The molecule has 58 valence electrons. The van der Waals surface area contributed by atoms with Crippen molar-refractivity contribution in [3.63, 3.8) is 0 Å². The lowest BCUT2D eigenvalue weighted by Gasteiger charge is -1.88. The van der Waals surface area contributed by atoms with Crippen LogP contribution in [0.4, 0.5) is 0 Å². The van der Waals surface area contributed by atoms with E-state index in [4.69, 9.17) is 0 Å². The first-order valence-corrected chi connectivity index (χ1v) is 3.85. The molecule has 0 saturated carbocycles. The lowest BCUT2D eigenvalue weighted by molar-refractivity contribution is 0.960. The molecule has 2 N–H and O–H groups in total. The number of H-pyrrole nitrogens is 2. The monoisotopic (exact) mass is 157 g/mol. The van der Waals surface area contributed by atoms with Crippen LogP contribution in [-0.4, -0.2) is 15.4 Å². The highest BCUT2D eigenvalue weighted by Crippen LogP contribution is 2.22. The third-order valence-corrected chi connectivity index (χ3v) is 2.15. The van der Waals surface area contributed by atoms with Crippen molar-refractivity contribution < 1.29 is 0 Å². The van der Waals surface area contributed by atoms with E-state index in [2.05, 4.69) is 33.6 Å². The fraction of sp³-hybridized carbons (Fsp3) is 0. The smallest absolute Gasteiger partial charge is 0.118 e. The molecular formula is C9H7N3. The van der Waals surface area contributed by atoms with Crippen LogP contribution in [0.25, 0.3) is 21.8 Å². The minimum atomic E-state index is 1.01.